The van der Waals surface area contributed by atoms with Gasteiger partial charge in [0.1, 0.15) is 5.82 Å². The lowest BCUT2D eigenvalue weighted by molar-refractivity contribution is 0.640. The third-order valence-electron chi connectivity index (χ3n) is 3.10. The average Bonchev–Trinajstić information content (AvgIpc) is 2.86. The lowest BCUT2D eigenvalue weighted by Crippen LogP contribution is -2.47. The number of aromatic nitrogens is 4. The molecule has 3 heterocycles. The first-order valence-corrected chi connectivity index (χ1v) is 5.90. The van der Waals surface area contributed by atoms with E-state index in [-0.39, 0.29) is 0 Å². The molecule has 7 nitrogen and oxygen atoms in total. The number of anilines is 3. The van der Waals surface area contributed by atoms with E-state index in [0.29, 0.717) is 5.82 Å². The second-order valence-corrected chi connectivity index (χ2v) is 4.19. The van der Waals surface area contributed by atoms with Crippen molar-refractivity contribution >= 4 is 17.5 Å². The number of hydrogen-bond donors (Lipinski definition) is 2. The van der Waals surface area contributed by atoms with Gasteiger partial charge in [0, 0.05) is 38.6 Å². The second-order valence-electron chi connectivity index (χ2n) is 4.19. The summed E-state index contributed by atoms with van der Waals surface area (Å²) in [5.74, 6) is 1.41. The Morgan fingerprint density at radius 2 is 1.72 bits per heavy atom. The van der Waals surface area contributed by atoms with E-state index in [2.05, 4.69) is 30.0 Å². The van der Waals surface area contributed by atoms with Crippen LogP contribution < -0.4 is 15.5 Å². The largest absolute Gasteiger partial charge is 0.382 e. The highest BCUT2D eigenvalue weighted by molar-refractivity contribution is 5.62. The Bertz CT molecular complexity index is 501. The van der Waals surface area contributed by atoms with Gasteiger partial charge in [0.15, 0.2) is 0 Å². The van der Waals surface area contributed by atoms with Crippen molar-refractivity contribution in [1.29, 1.82) is 0 Å². The topological polar surface area (TPSA) is 87.0 Å². The Kier molecular flexibility index (Phi) is 2.71. The van der Waals surface area contributed by atoms with Gasteiger partial charge in [0.05, 0.1) is 11.9 Å². The molecule has 94 valence electrons. The summed E-state index contributed by atoms with van der Waals surface area (Å²) in [4.78, 5) is 12.9. The maximum atomic E-state index is 5.82. The fraction of sp³-hybridized carbons (Fsp3) is 0.364. The van der Waals surface area contributed by atoms with Crippen molar-refractivity contribution < 1.29 is 0 Å². The predicted molar refractivity (Wildman–Crippen MR) is 69.5 cm³/mol. The minimum absolute atomic E-state index is 0.624. The molecule has 0 aromatic carbocycles. The highest BCUT2D eigenvalue weighted by atomic mass is 15.3. The lowest BCUT2D eigenvalue weighted by atomic mass is 10.3. The summed E-state index contributed by atoms with van der Waals surface area (Å²) in [6.07, 6.45) is 5.30. The standard InChI is InChI=1S/C11H15N7/c12-10-9(8-15-16-10)17-4-6-18(7-5-17)11-13-2-1-3-14-11/h1-3,8H,4-7H2,(H3,12,15,16). The summed E-state index contributed by atoms with van der Waals surface area (Å²) in [5.41, 5.74) is 6.79. The van der Waals surface area contributed by atoms with E-state index in [1.807, 2.05) is 6.07 Å². The molecular formula is C11H15N7. The molecule has 18 heavy (non-hydrogen) atoms. The SMILES string of the molecule is Nc1[nH]ncc1N1CCN(c2ncccn2)CC1. The molecule has 7 heteroatoms. The summed E-state index contributed by atoms with van der Waals surface area (Å²) in [6, 6.07) is 1.83. The molecule has 1 saturated heterocycles. The zero-order valence-electron chi connectivity index (χ0n) is 9.95. The highest BCUT2D eigenvalue weighted by Gasteiger charge is 2.20. The summed E-state index contributed by atoms with van der Waals surface area (Å²) in [5, 5.41) is 6.70. The zero-order valence-corrected chi connectivity index (χ0v) is 9.95. The molecule has 3 N–H and O–H groups in total. The maximum absolute atomic E-state index is 5.82. The van der Waals surface area contributed by atoms with Crippen molar-refractivity contribution in [3.05, 3.63) is 24.7 Å². The van der Waals surface area contributed by atoms with Crippen molar-refractivity contribution in [2.24, 2.45) is 0 Å². The Labute approximate surface area is 105 Å². The van der Waals surface area contributed by atoms with Crippen LogP contribution in [0, 0.1) is 0 Å². The van der Waals surface area contributed by atoms with Gasteiger partial charge < -0.3 is 15.5 Å². The van der Waals surface area contributed by atoms with Crippen molar-refractivity contribution in [3.63, 3.8) is 0 Å². The molecule has 0 atom stereocenters. The van der Waals surface area contributed by atoms with Gasteiger partial charge in [0.2, 0.25) is 5.95 Å². The third-order valence-corrected chi connectivity index (χ3v) is 3.10. The van der Waals surface area contributed by atoms with E-state index in [1.54, 1.807) is 18.6 Å². The number of nitrogens with two attached hydrogens (primary N) is 1. The number of hydrogen-bond acceptors (Lipinski definition) is 6. The monoisotopic (exact) mass is 245 g/mol. The Hall–Kier alpha value is -2.31. The maximum Gasteiger partial charge on any atom is 0.225 e. The van der Waals surface area contributed by atoms with Crippen molar-refractivity contribution in [1.82, 2.24) is 20.2 Å². The van der Waals surface area contributed by atoms with Gasteiger partial charge in [-0.15, -0.1) is 0 Å². The molecule has 0 radical (unpaired) electrons. The van der Waals surface area contributed by atoms with Gasteiger partial charge in [-0.1, -0.05) is 0 Å². The molecule has 0 saturated carbocycles. The Morgan fingerprint density at radius 1 is 1.06 bits per heavy atom. The van der Waals surface area contributed by atoms with Crippen LogP contribution in [-0.2, 0) is 0 Å². The summed E-state index contributed by atoms with van der Waals surface area (Å²) >= 11 is 0. The molecule has 0 aliphatic carbocycles. The minimum atomic E-state index is 0.624. The van der Waals surface area contributed by atoms with Crippen molar-refractivity contribution in [2.45, 2.75) is 0 Å². The van der Waals surface area contributed by atoms with Gasteiger partial charge in [-0.2, -0.15) is 5.10 Å². The first kappa shape index (κ1) is 10.8. The number of nitrogen functional groups attached to an aromatic ring is 1. The normalized spacial score (nSPS) is 16.0. The number of nitrogens with one attached hydrogen (secondary N) is 1. The first-order valence-electron chi connectivity index (χ1n) is 5.90. The molecular weight excluding hydrogens is 230 g/mol. The molecule has 0 bridgehead atoms. The van der Waals surface area contributed by atoms with E-state index in [0.717, 1.165) is 37.8 Å². The van der Waals surface area contributed by atoms with Crippen molar-refractivity contribution in [3.8, 4) is 0 Å². The third kappa shape index (κ3) is 1.94. The molecule has 2 aromatic rings. The molecule has 0 amide bonds. The number of rotatable bonds is 2. The molecule has 0 spiro atoms. The van der Waals surface area contributed by atoms with Gasteiger partial charge in [0.25, 0.3) is 0 Å². The Morgan fingerprint density at radius 3 is 2.33 bits per heavy atom. The molecule has 1 fully saturated rings. The smallest absolute Gasteiger partial charge is 0.225 e. The quantitative estimate of drug-likeness (QED) is 0.781. The second kappa shape index (κ2) is 4.52. The van der Waals surface area contributed by atoms with Gasteiger partial charge in [-0.25, -0.2) is 9.97 Å². The van der Waals surface area contributed by atoms with Gasteiger partial charge in [-0.05, 0) is 6.07 Å². The van der Waals surface area contributed by atoms with E-state index in [9.17, 15) is 0 Å². The highest BCUT2D eigenvalue weighted by Crippen LogP contribution is 2.21. The molecule has 2 aromatic heterocycles. The van der Waals surface area contributed by atoms with Crippen LogP contribution in [0.1, 0.15) is 0 Å². The zero-order chi connectivity index (χ0) is 12.4. The summed E-state index contributed by atoms with van der Waals surface area (Å²) in [7, 11) is 0. The number of H-pyrrole nitrogens is 1. The van der Waals surface area contributed by atoms with E-state index >= 15 is 0 Å². The summed E-state index contributed by atoms with van der Waals surface area (Å²) in [6.45, 7) is 3.55. The fourth-order valence-electron chi connectivity index (χ4n) is 2.14. The predicted octanol–water partition coefficient (Wildman–Crippen LogP) is 0.108. The van der Waals surface area contributed by atoms with Gasteiger partial charge in [-0.3, -0.25) is 5.10 Å². The van der Waals surface area contributed by atoms with E-state index in [1.165, 1.54) is 0 Å². The van der Waals surface area contributed by atoms with Crippen LogP contribution in [0.25, 0.3) is 0 Å². The number of nitrogens with zero attached hydrogens (tertiary/aromatic N) is 5. The lowest BCUT2D eigenvalue weighted by Gasteiger charge is -2.35. The molecule has 1 aliphatic rings. The van der Waals surface area contributed by atoms with Crippen LogP contribution in [0.5, 0.6) is 0 Å². The van der Waals surface area contributed by atoms with E-state index in [4.69, 9.17) is 5.73 Å². The molecule has 3 rings (SSSR count). The number of aromatic amines is 1. The minimum Gasteiger partial charge on any atom is -0.382 e. The van der Waals surface area contributed by atoms with Crippen molar-refractivity contribution in [2.75, 3.05) is 41.7 Å². The van der Waals surface area contributed by atoms with Crippen LogP contribution in [0.2, 0.25) is 0 Å². The molecule has 0 unspecified atom stereocenters. The van der Waals surface area contributed by atoms with Gasteiger partial charge >= 0.3 is 0 Å². The summed E-state index contributed by atoms with van der Waals surface area (Å²) < 4.78 is 0. The fourth-order valence-corrected chi connectivity index (χ4v) is 2.14. The average molecular weight is 245 g/mol. The Balaban J connectivity index is 1.67. The van der Waals surface area contributed by atoms with Crippen LogP contribution in [-0.4, -0.2) is 46.3 Å². The molecule has 1 aliphatic heterocycles. The first-order chi connectivity index (χ1) is 8.84. The van der Waals surface area contributed by atoms with Crippen LogP contribution in [0.15, 0.2) is 24.7 Å². The van der Waals surface area contributed by atoms with Crippen LogP contribution in [0.3, 0.4) is 0 Å². The van der Waals surface area contributed by atoms with Crippen LogP contribution >= 0.6 is 0 Å². The number of piperazine rings is 1. The van der Waals surface area contributed by atoms with Crippen LogP contribution in [0.4, 0.5) is 17.5 Å². The van der Waals surface area contributed by atoms with E-state index < -0.39 is 0 Å².